The third-order valence-electron chi connectivity index (χ3n) is 9.25. The minimum atomic E-state index is -4.42. The maximum absolute atomic E-state index is 13.5. The van der Waals surface area contributed by atoms with Crippen LogP contribution in [-0.2, 0) is 34.9 Å². The zero-order valence-corrected chi connectivity index (χ0v) is 30.0. The lowest BCUT2D eigenvalue weighted by Gasteiger charge is -2.43. The molecule has 4 atom stereocenters. The van der Waals surface area contributed by atoms with Crippen LogP contribution < -0.4 is 17.0 Å². The highest BCUT2D eigenvalue weighted by Gasteiger charge is 2.69. The first-order valence-electron chi connectivity index (χ1n) is 14.0. The standard InChI is InChI=1S/C28H47N3O8SSi2/c1-14-15-19-21(29)28(39-40(19,34)35)20(17-36-41(10,11)26(3,4)5)37-24(22(28)38-42(12,13)27(6,7)8)31-16-18(2)23(32)30(9)25(31)33/h16,20,22,24H,17,29H2,1-13H3. The van der Waals surface area contributed by atoms with E-state index in [1.165, 1.54) is 24.7 Å². The molecule has 3 rings (SSSR count). The zero-order chi connectivity index (χ0) is 32.4. The third-order valence-corrected chi connectivity index (χ3v) is 19.5. The minimum Gasteiger partial charge on any atom is -0.414 e. The van der Waals surface area contributed by atoms with Gasteiger partial charge in [0.25, 0.3) is 5.56 Å². The van der Waals surface area contributed by atoms with E-state index in [4.69, 9.17) is 23.5 Å². The number of rotatable bonds is 6. The molecule has 2 aliphatic heterocycles. The fourth-order valence-electron chi connectivity index (χ4n) is 4.53. The summed E-state index contributed by atoms with van der Waals surface area (Å²) in [5.41, 5.74) is 3.86. The molecule has 0 amide bonds. The maximum atomic E-state index is 13.5. The van der Waals surface area contributed by atoms with Gasteiger partial charge in [0.05, 0.1) is 12.3 Å². The van der Waals surface area contributed by atoms with E-state index in [-0.39, 0.29) is 27.3 Å². The minimum absolute atomic E-state index is 0.0765. The summed E-state index contributed by atoms with van der Waals surface area (Å²) in [6, 6.07) is 0. The Morgan fingerprint density at radius 3 is 2.12 bits per heavy atom. The number of aryl methyl sites for hydroxylation is 1. The van der Waals surface area contributed by atoms with Gasteiger partial charge in [-0.05, 0) is 50.1 Å². The molecule has 0 aromatic carbocycles. The second-order valence-electron chi connectivity index (χ2n) is 14.2. The van der Waals surface area contributed by atoms with Gasteiger partial charge in [0, 0.05) is 18.8 Å². The summed E-state index contributed by atoms with van der Waals surface area (Å²) in [5, 5.41) is -0.481. The topological polar surface area (TPSA) is 141 Å². The lowest BCUT2D eigenvalue weighted by Crippen LogP contribution is -2.59. The second-order valence-corrected chi connectivity index (χ2v) is 25.2. The summed E-state index contributed by atoms with van der Waals surface area (Å²) in [5.74, 6) is 5.22. The molecule has 11 nitrogen and oxygen atoms in total. The molecule has 2 aliphatic rings. The Bertz CT molecular complexity index is 1570. The first-order chi connectivity index (χ1) is 18.9. The van der Waals surface area contributed by atoms with Crippen LogP contribution in [0.3, 0.4) is 0 Å². The van der Waals surface area contributed by atoms with Crippen LogP contribution in [0.15, 0.2) is 26.4 Å². The van der Waals surface area contributed by atoms with E-state index in [0.717, 1.165) is 4.57 Å². The van der Waals surface area contributed by atoms with Crippen molar-refractivity contribution in [2.24, 2.45) is 12.8 Å². The van der Waals surface area contributed by atoms with Crippen molar-refractivity contribution < 1.29 is 26.2 Å². The van der Waals surface area contributed by atoms with Crippen LogP contribution >= 0.6 is 0 Å². The van der Waals surface area contributed by atoms with Gasteiger partial charge in [0.2, 0.25) is 0 Å². The van der Waals surface area contributed by atoms with Gasteiger partial charge in [-0.1, -0.05) is 47.5 Å². The lowest BCUT2D eigenvalue weighted by atomic mass is 9.88. The number of aromatic nitrogens is 2. The molecular weight excluding hydrogens is 595 g/mol. The van der Waals surface area contributed by atoms with E-state index < -0.39 is 62.0 Å². The molecule has 0 aliphatic carbocycles. The monoisotopic (exact) mass is 641 g/mol. The molecule has 2 N–H and O–H groups in total. The van der Waals surface area contributed by atoms with E-state index in [2.05, 4.69) is 45.7 Å². The Hall–Kier alpha value is -2.00. The van der Waals surface area contributed by atoms with E-state index >= 15 is 0 Å². The molecule has 4 unspecified atom stereocenters. The average molecular weight is 642 g/mol. The quantitative estimate of drug-likeness (QED) is 0.281. The highest BCUT2D eigenvalue weighted by Crippen LogP contribution is 2.53. The summed E-state index contributed by atoms with van der Waals surface area (Å²) in [4.78, 5) is 25.8. The summed E-state index contributed by atoms with van der Waals surface area (Å²) in [6.07, 6.45) is -2.10. The molecule has 0 bridgehead atoms. The largest absolute Gasteiger partial charge is 0.414 e. The molecule has 1 spiro atoms. The number of nitrogens with two attached hydrogens (primary N) is 1. The number of hydrogen-bond donors (Lipinski definition) is 1. The molecule has 1 aromatic heterocycles. The smallest absolute Gasteiger partial charge is 0.332 e. The number of ether oxygens (including phenoxy) is 1. The van der Waals surface area contributed by atoms with Crippen molar-refractivity contribution in [3.8, 4) is 11.8 Å². The van der Waals surface area contributed by atoms with Crippen molar-refractivity contribution in [2.75, 3.05) is 6.61 Å². The fraction of sp³-hybridized carbons (Fsp3) is 0.714. The molecular formula is C28H47N3O8SSi2. The summed E-state index contributed by atoms with van der Waals surface area (Å²) in [6.45, 7) is 23.5. The Morgan fingerprint density at radius 2 is 1.62 bits per heavy atom. The van der Waals surface area contributed by atoms with Gasteiger partial charge in [-0.25, -0.2) is 8.98 Å². The lowest BCUT2D eigenvalue weighted by molar-refractivity contribution is -0.0566. The molecule has 0 saturated carbocycles. The average Bonchev–Trinajstić information content (AvgIpc) is 3.23. The molecule has 1 saturated heterocycles. The van der Waals surface area contributed by atoms with E-state index in [1.807, 2.05) is 33.9 Å². The normalized spacial score (nSPS) is 26.5. The Balaban J connectivity index is 2.39. The number of allylic oxidation sites excluding steroid dienone is 1. The Morgan fingerprint density at radius 1 is 1.07 bits per heavy atom. The second kappa shape index (κ2) is 10.9. The summed E-state index contributed by atoms with van der Waals surface area (Å²) in [7, 11) is -8.14. The van der Waals surface area contributed by atoms with Gasteiger partial charge >= 0.3 is 15.8 Å². The molecule has 14 heteroatoms. The van der Waals surface area contributed by atoms with Crippen molar-refractivity contribution in [3.63, 3.8) is 0 Å². The predicted octanol–water partition coefficient (Wildman–Crippen LogP) is 3.46. The van der Waals surface area contributed by atoms with Gasteiger partial charge in [-0.2, -0.15) is 8.42 Å². The number of hydrogen-bond acceptors (Lipinski definition) is 9. The van der Waals surface area contributed by atoms with Crippen LogP contribution in [0.5, 0.6) is 0 Å². The van der Waals surface area contributed by atoms with Crippen LogP contribution in [0.25, 0.3) is 0 Å². The molecule has 1 fully saturated rings. The molecule has 0 radical (unpaired) electrons. The zero-order valence-electron chi connectivity index (χ0n) is 27.2. The fourth-order valence-corrected chi connectivity index (χ4v) is 8.20. The van der Waals surface area contributed by atoms with Crippen LogP contribution in [-0.4, -0.2) is 58.6 Å². The SMILES string of the molecule is CC#CC1=C(N)C2(OS1(=O)=O)C(CO[Si](C)(C)C(C)(C)C)OC(n1cc(C)c(=O)n(C)c1=O)C2O[Si](C)(C)C(C)(C)C. The Labute approximate surface area is 251 Å². The van der Waals surface area contributed by atoms with Crippen LogP contribution in [0.2, 0.25) is 36.3 Å². The first kappa shape index (κ1) is 34.5. The predicted molar refractivity (Wildman–Crippen MR) is 167 cm³/mol. The van der Waals surface area contributed by atoms with E-state index in [1.54, 1.807) is 6.92 Å². The molecule has 1 aromatic rings. The van der Waals surface area contributed by atoms with Gasteiger partial charge in [0.1, 0.15) is 12.2 Å². The highest BCUT2D eigenvalue weighted by atomic mass is 32.2. The van der Waals surface area contributed by atoms with E-state index in [0.29, 0.717) is 5.56 Å². The molecule has 3 heterocycles. The highest BCUT2D eigenvalue weighted by molar-refractivity contribution is 7.91. The van der Waals surface area contributed by atoms with Crippen molar-refractivity contribution in [1.29, 1.82) is 0 Å². The summed E-state index contributed by atoms with van der Waals surface area (Å²) >= 11 is 0. The van der Waals surface area contributed by atoms with Crippen molar-refractivity contribution >= 4 is 26.8 Å². The Kier molecular flexibility index (Phi) is 8.92. The number of nitrogens with zero attached hydrogens (tertiary/aromatic N) is 2. The van der Waals surface area contributed by atoms with Crippen molar-refractivity contribution in [2.45, 2.75) is 116 Å². The van der Waals surface area contributed by atoms with Crippen LogP contribution in [0.4, 0.5) is 0 Å². The van der Waals surface area contributed by atoms with Crippen molar-refractivity contribution in [3.05, 3.63) is 43.2 Å². The van der Waals surface area contributed by atoms with Gasteiger partial charge in [-0.3, -0.25) is 13.9 Å². The van der Waals surface area contributed by atoms with Gasteiger partial charge in [-0.15, -0.1) is 5.92 Å². The van der Waals surface area contributed by atoms with Crippen molar-refractivity contribution in [1.82, 2.24) is 9.13 Å². The van der Waals surface area contributed by atoms with E-state index in [9.17, 15) is 18.0 Å². The van der Waals surface area contributed by atoms with Gasteiger partial charge < -0.3 is 19.3 Å². The maximum Gasteiger partial charge on any atom is 0.332 e. The molecule has 236 valence electrons. The summed E-state index contributed by atoms with van der Waals surface area (Å²) < 4.78 is 55.2. The van der Waals surface area contributed by atoms with Gasteiger partial charge in [0.15, 0.2) is 33.4 Å². The third kappa shape index (κ3) is 5.65. The molecule has 42 heavy (non-hydrogen) atoms. The van der Waals surface area contributed by atoms with Crippen LogP contribution in [0, 0.1) is 18.8 Å². The first-order valence-corrected chi connectivity index (χ1v) is 21.2. The van der Waals surface area contributed by atoms with Crippen LogP contribution in [0.1, 0.15) is 60.3 Å².